The van der Waals surface area contributed by atoms with Gasteiger partial charge in [-0.3, -0.25) is 23.9 Å². The average Bonchev–Trinajstić information content (AvgIpc) is 3.69. The molecule has 4 amide bonds. The second-order valence-corrected chi connectivity index (χ2v) is 9.93. The number of carbonyl (C=O) groups is 4. The Balaban J connectivity index is 1.31. The van der Waals surface area contributed by atoms with Crippen molar-refractivity contribution in [3.05, 3.63) is 52.8 Å². The van der Waals surface area contributed by atoms with E-state index in [1.54, 1.807) is 41.3 Å². The van der Waals surface area contributed by atoms with Crippen LogP contribution in [0.5, 0.6) is 0 Å². The molecule has 204 valence electrons. The Bertz CT molecular complexity index is 1430. The van der Waals surface area contributed by atoms with Crippen LogP contribution in [0.1, 0.15) is 28.9 Å². The van der Waals surface area contributed by atoms with Crippen LogP contribution in [-0.4, -0.2) is 87.1 Å². The number of nitrogens with zero attached hydrogens (tertiary/aromatic N) is 5. The number of morpholine rings is 1. The van der Waals surface area contributed by atoms with Crippen LogP contribution < -0.4 is 11.1 Å². The molecule has 3 N–H and O–H groups in total. The Morgan fingerprint density at radius 1 is 1.13 bits per heavy atom. The van der Waals surface area contributed by atoms with Crippen molar-refractivity contribution < 1.29 is 23.9 Å². The molecule has 1 saturated heterocycles. The van der Waals surface area contributed by atoms with Gasteiger partial charge in [-0.25, -0.2) is 4.98 Å². The number of primary amides is 1. The zero-order valence-electron chi connectivity index (χ0n) is 21.1. The minimum absolute atomic E-state index is 0.0150. The molecule has 0 radical (unpaired) electrons. The van der Waals surface area contributed by atoms with Gasteiger partial charge in [-0.1, -0.05) is 23.7 Å². The van der Waals surface area contributed by atoms with E-state index in [1.807, 2.05) is 0 Å². The van der Waals surface area contributed by atoms with Gasteiger partial charge in [0.25, 0.3) is 5.91 Å². The van der Waals surface area contributed by atoms with Crippen LogP contribution in [0.2, 0.25) is 5.15 Å². The number of hydrogen-bond donors (Lipinski definition) is 2. The standard InChI is InChI=1S/C26H28ClN7O5/c27-20-2-1-3-21(29-20)30-22(35)14-33(17-5-6-17)24(37)15-34-19-7-4-16(12-18(19)25(31-34)26(28)38)13-23(36)32-8-10-39-11-9-32/h1-4,7,12,17H,5-6,8-11,13-15H2,(H2,28,38)(H,29,30,35). The molecule has 0 bridgehead atoms. The van der Waals surface area contributed by atoms with Crippen molar-refractivity contribution in [1.82, 2.24) is 24.6 Å². The fourth-order valence-corrected chi connectivity index (χ4v) is 4.74. The normalized spacial score (nSPS) is 15.3. The van der Waals surface area contributed by atoms with E-state index in [0.29, 0.717) is 48.6 Å². The summed E-state index contributed by atoms with van der Waals surface area (Å²) in [4.78, 5) is 58.2. The molecule has 39 heavy (non-hydrogen) atoms. The molecule has 0 unspecified atom stereocenters. The lowest BCUT2D eigenvalue weighted by molar-refractivity contribution is -0.136. The molecule has 12 nitrogen and oxygen atoms in total. The fraction of sp³-hybridized carbons (Fsp3) is 0.385. The highest BCUT2D eigenvalue weighted by Gasteiger charge is 2.34. The van der Waals surface area contributed by atoms with Crippen LogP contribution in [0.4, 0.5) is 5.82 Å². The molecular formula is C26H28ClN7O5. The van der Waals surface area contributed by atoms with Gasteiger partial charge in [-0.05, 0) is 42.7 Å². The molecule has 2 fully saturated rings. The van der Waals surface area contributed by atoms with Gasteiger partial charge in [0.1, 0.15) is 24.1 Å². The van der Waals surface area contributed by atoms with E-state index < -0.39 is 11.8 Å². The first kappa shape index (κ1) is 26.6. The van der Waals surface area contributed by atoms with Crippen LogP contribution in [-0.2, 0) is 32.1 Å². The Labute approximate surface area is 229 Å². The number of pyridine rings is 1. The third-order valence-electron chi connectivity index (χ3n) is 6.66. The molecule has 1 aliphatic heterocycles. The van der Waals surface area contributed by atoms with Crippen LogP contribution in [0, 0.1) is 0 Å². The first-order valence-corrected chi connectivity index (χ1v) is 13.0. The first-order chi connectivity index (χ1) is 18.8. The number of aromatic nitrogens is 3. The van der Waals surface area contributed by atoms with Gasteiger partial charge in [0.2, 0.25) is 17.7 Å². The van der Waals surface area contributed by atoms with E-state index in [9.17, 15) is 19.2 Å². The molecular weight excluding hydrogens is 526 g/mol. The predicted octanol–water partition coefficient (Wildman–Crippen LogP) is 1.21. The van der Waals surface area contributed by atoms with Crippen molar-refractivity contribution in [2.45, 2.75) is 31.8 Å². The van der Waals surface area contributed by atoms with Crippen LogP contribution >= 0.6 is 11.6 Å². The summed E-state index contributed by atoms with van der Waals surface area (Å²) in [5, 5.41) is 7.68. The maximum atomic E-state index is 13.3. The Morgan fingerprint density at radius 3 is 2.59 bits per heavy atom. The number of fused-ring (bicyclic) bond motifs is 1. The van der Waals surface area contributed by atoms with E-state index >= 15 is 0 Å². The molecule has 13 heteroatoms. The number of amides is 4. The summed E-state index contributed by atoms with van der Waals surface area (Å²) < 4.78 is 6.72. The summed E-state index contributed by atoms with van der Waals surface area (Å²) in [5.74, 6) is -1.20. The average molecular weight is 554 g/mol. The fourth-order valence-electron chi connectivity index (χ4n) is 4.58. The first-order valence-electron chi connectivity index (χ1n) is 12.6. The minimum Gasteiger partial charge on any atom is -0.378 e. The van der Waals surface area contributed by atoms with Crippen molar-refractivity contribution in [3.8, 4) is 0 Å². The number of nitrogens with two attached hydrogens (primary N) is 1. The van der Waals surface area contributed by atoms with Gasteiger partial charge in [0, 0.05) is 24.5 Å². The van der Waals surface area contributed by atoms with Gasteiger partial charge in [-0.15, -0.1) is 0 Å². The lowest BCUT2D eigenvalue weighted by Gasteiger charge is -2.26. The summed E-state index contributed by atoms with van der Waals surface area (Å²) in [6.45, 7) is 1.75. The number of halogens is 1. The highest BCUT2D eigenvalue weighted by molar-refractivity contribution is 6.29. The molecule has 1 aromatic carbocycles. The highest BCUT2D eigenvalue weighted by atomic mass is 35.5. The minimum atomic E-state index is -0.740. The maximum Gasteiger partial charge on any atom is 0.269 e. The van der Waals surface area contributed by atoms with Crippen molar-refractivity contribution in [1.29, 1.82) is 0 Å². The molecule has 5 rings (SSSR count). The summed E-state index contributed by atoms with van der Waals surface area (Å²) in [6, 6.07) is 10.0. The van der Waals surface area contributed by atoms with Gasteiger partial charge in [0.05, 0.1) is 25.2 Å². The van der Waals surface area contributed by atoms with E-state index in [1.165, 1.54) is 9.58 Å². The summed E-state index contributed by atoms with van der Waals surface area (Å²) in [6.07, 6.45) is 1.74. The SMILES string of the molecule is NC(=O)c1nn(CC(=O)N(CC(=O)Nc2cccc(Cl)n2)C2CC2)c2ccc(CC(=O)N3CCOCC3)cc12. The second-order valence-electron chi connectivity index (χ2n) is 9.54. The number of hydrogen-bond acceptors (Lipinski definition) is 7. The van der Waals surface area contributed by atoms with Crippen LogP contribution in [0.25, 0.3) is 10.9 Å². The second kappa shape index (κ2) is 11.4. The highest BCUT2D eigenvalue weighted by Crippen LogP contribution is 2.28. The van der Waals surface area contributed by atoms with Crippen LogP contribution in [0.3, 0.4) is 0 Å². The summed E-state index contributed by atoms with van der Waals surface area (Å²) in [7, 11) is 0. The summed E-state index contributed by atoms with van der Waals surface area (Å²) >= 11 is 5.88. The van der Waals surface area contributed by atoms with Gasteiger partial charge >= 0.3 is 0 Å². The van der Waals surface area contributed by atoms with E-state index in [-0.39, 0.29) is 48.2 Å². The molecule has 3 aromatic rings. The molecule has 1 aliphatic carbocycles. The number of rotatable bonds is 9. The zero-order chi connectivity index (χ0) is 27.5. The maximum absolute atomic E-state index is 13.3. The topological polar surface area (TPSA) is 153 Å². The molecule has 2 aliphatic rings. The third kappa shape index (κ3) is 6.35. The lowest BCUT2D eigenvalue weighted by atomic mass is 10.1. The summed E-state index contributed by atoms with van der Waals surface area (Å²) in [5.41, 5.74) is 6.85. The Kier molecular flexibility index (Phi) is 7.75. The lowest BCUT2D eigenvalue weighted by Crippen LogP contribution is -2.41. The largest absolute Gasteiger partial charge is 0.378 e. The number of anilines is 1. The molecule has 0 atom stereocenters. The molecule has 2 aromatic heterocycles. The zero-order valence-corrected chi connectivity index (χ0v) is 21.9. The van der Waals surface area contributed by atoms with Crippen molar-refractivity contribution in [2.75, 3.05) is 38.2 Å². The van der Waals surface area contributed by atoms with Crippen LogP contribution in [0.15, 0.2) is 36.4 Å². The van der Waals surface area contributed by atoms with Crippen molar-refractivity contribution in [3.63, 3.8) is 0 Å². The van der Waals surface area contributed by atoms with Gasteiger partial charge < -0.3 is 25.6 Å². The predicted molar refractivity (Wildman–Crippen MR) is 142 cm³/mol. The van der Waals surface area contributed by atoms with E-state index in [4.69, 9.17) is 22.1 Å². The molecule has 1 saturated carbocycles. The van der Waals surface area contributed by atoms with Crippen molar-refractivity contribution >= 4 is 52.0 Å². The molecule has 0 spiro atoms. The van der Waals surface area contributed by atoms with Gasteiger partial charge in [-0.2, -0.15) is 5.10 Å². The number of nitrogens with one attached hydrogen (secondary N) is 1. The monoisotopic (exact) mass is 553 g/mol. The quantitative estimate of drug-likeness (QED) is 0.378. The molecule has 3 heterocycles. The van der Waals surface area contributed by atoms with Crippen molar-refractivity contribution in [2.24, 2.45) is 5.73 Å². The Morgan fingerprint density at radius 2 is 1.90 bits per heavy atom. The number of carbonyl (C=O) groups excluding carboxylic acids is 4. The number of ether oxygens (including phenoxy) is 1. The third-order valence-corrected chi connectivity index (χ3v) is 6.87. The number of benzene rings is 1. The van der Waals surface area contributed by atoms with Gasteiger partial charge in [0.15, 0.2) is 5.69 Å². The van der Waals surface area contributed by atoms with E-state index in [0.717, 1.165) is 12.8 Å². The smallest absolute Gasteiger partial charge is 0.269 e. The Hall–Kier alpha value is -4.03. The van der Waals surface area contributed by atoms with E-state index in [2.05, 4.69) is 15.4 Å².